The molecule has 160 valence electrons. The number of hydrogen-bond donors (Lipinski definition) is 2. The van der Waals surface area contributed by atoms with Gasteiger partial charge in [-0.05, 0) is 24.1 Å². The summed E-state index contributed by atoms with van der Waals surface area (Å²) in [7, 11) is 0. The van der Waals surface area contributed by atoms with Crippen molar-refractivity contribution in [2.75, 3.05) is 5.32 Å². The maximum atomic E-state index is 13.3. The highest BCUT2D eigenvalue weighted by Crippen LogP contribution is 2.28. The first-order valence-electron chi connectivity index (χ1n) is 8.66. The molecule has 0 aliphatic carbocycles. The van der Waals surface area contributed by atoms with Gasteiger partial charge >= 0.3 is 12.2 Å². The largest absolute Gasteiger partial charge is 0.408 e. The van der Waals surface area contributed by atoms with Crippen LogP contribution in [0.4, 0.5) is 36.8 Å². The molecule has 30 heavy (non-hydrogen) atoms. The predicted octanol–water partition coefficient (Wildman–Crippen LogP) is 4.33. The molecule has 0 saturated carbocycles. The van der Waals surface area contributed by atoms with Gasteiger partial charge in [0, 0.05) is 36.5 Å². The van der Waals surface area contributed by atoms with Gasteiger partial charge in [-0.2, -0.15) is 13.2 Å². The maximum Gasteiger partial charge on any atom is 0.408 e. The Morgan fingerprint density at radius 3 is 2.30 bits per heavy atom. The van der Waals surface area contributed by atoms with Gasteiger partial charge in [-0.3, -0.25) is 4.79 Å². The first-order chi connectivity index (χ1) is 14.0. The van der Waals surface area contributed by atoms with E-state index in [1.54, 1.807) is 6.07 Å². The lowest BCUT2D eigenvalue weighted by atomic mass is 10.0. The van der Waals surface area contributed by atoms with Crippen molar-refractivity contribution in [3.05, 3.63) is 64.5 Å². The first-order valence-corrected chi connectivity index (χ1v) is 8.66. The molecule has 1 atom stereocenters. The van der Waals surface area contributed by atoms with E-state index in [1.807, 2.05) is 5.32 Å². The number of rotatable bonds is 3. The standard InChI is InChI=1S/C19H15F6N3O2/c1-9(19(23,24)25)26-17(29)12-4-2-3-10-7-28(8-13(10)12)18(30)27-11-5-14(20)16(22)15(21)6-11/h2-6,9H,7-8H2,1H3,(H,26,29)(H,27,30)/t9-/m1/s1. The number of carbonyl (C=O) groups excluding carboxylic acids is 2. The number of anilines is 1. The highest BCUT2D eigenvalue weighted by Gasteiger charge is 2.38. The van der Waals surface area contributed by atoms with Crippen molar-refractivity contribution in [2.24, 2.45) is 0 Å². The Morgan fingerprint density at radius 2 is 1.70 bits per heavy atom. The maximum absolute atomic E-state index is 13.3. The Balaban J connectivity index is 1.74. The molecule has 3 rings (SSSR count). The monoisotopic (exact) mass is 431 g/mol. The number of amides is 3. The minimum atomic E-state index is -4.61. The SMILES string of the molecule is C[C@@H](NC(=O)c1cccc2c1CN(C(=O)Nc1cc(F)c(F)c(F)c1)C2)C(F)(F)F. The van der Waals surface area contributed by atoms with Crippen LogP contribution >= 0.6 is 0 Å². The van der Waals surface area contributed by atoms with Gasteiger partial charge in [-0.25, -0.2) is 18.0 Å². The highest BCUT2D eigenvalue weighted by molar-refractivity contribution is 5.97. The van der Waals surface area contributed by atoms with E-state index in [2.05, 4.69) is 5.32 Å². The molecule has 1 aliphatic heterocycles. The zero-order chi connectivity index (χ0) is 22.2. The lowest BCUT2D eigenvalue weighted by Gasteiger charge is -2.18. The number of halogens is 6. The molecule has 2 N–H and O–H groups in total. The van der Waals surface area contributed by atoms with Crippen LogP contribution in [-0.4, -0.2) is 29.1 Å². The zero-order valence-electron chi connectivity index (χ0n) is 15.4. The van der Waals surface area contributed by atoms with Crippen LogP contribution in [0.3, 0.4) is 0 Å². The molecule has 3 amide bonds. The number of carbonyl (C=O) groups is 2. The molecule has 0 radical (unpaired) electrons. The summed E-state index contributed by atoms with van der Waals surface area (Å²) in [5.41, 5.74) is 0.562. The molecule has 0 spiro atoms. The quantitative estimate of drug-likeness (QED) is 0.562. The first kappa shape index (κ1) is 21.5. The summed E-state index contributed by atoms with van der Waals surface area (Å²) in [5.74, 6) is -5.58. The third kappa shape index (κ3) is 4.34. The van der Waals surface area contributed by atoms with Crippen LogP contribution < -0.4 is 10.6 Å². The molecule has 11 heteroatoms. The molecule has 0 unspecified atom stereocenters. The van der Waals surface area contributed by atoms with Crippen LogP contribution in [0.5, 0.6) is 0 Å². The summed E-state index contributed by atoms with van der Waals surface area (Å²) >= 11 is 0. The molecule has 1 heterocycles. The van der Waals surface area contributed by atoms with Crippen LogP contribution in [0.15, 0.2) is 30.3 Å². The van der Waals surface area contributed by atoms with Gasteiger partial charge in [0.15, 0.2) is 17.5 Å². The Hall–Kier alpha value is -3.24. The average molecular weight is 431 g/mol. The number of nitrogens with one attached hydrogen (secondary N) is 2. The number of fused-ring (bicyclic) bond motifs is 1. The van der Waals surface area contributed by atoms with E-state index < -0.39 is 41.6 Å². The van der Waals surface area contributed by atoms with Crippen LogP contribution in [0.25, 0.3) is 0 Å². The fraction of sp³-hybridized carbons (Fsp3) is 0.263. The van der Waals surface area contributed by atoms with Gasteiger partial charge in [-0.1, -0.05) is 12.1 Å². The summed E-state index contributed by atoms with van der Waals surface area (Å²) in [6.07, 6.45) is -4.61. The molecular weight excluding hydrogens is 416 g/mol. The summed E-state index contributed by atoms with van der Waals surface area (Å²) in [6.45, 7) is 0.711. The van der Waals surface area contributed by atoms with E-state index in [0.717, 1.165) is 6.92 Å². The van der Waals surface area contributed by atoms with Crippen molar-refractivity contribution < 1.29 is 35.9 Å². The van der Waals surface area contributed by atoms with E-state index in [1.165, 1.54) is 17.0 Å². The normalized spacial score (nSPS) is 14.3. The van der Waals surface area contributed by atoms with Crippen LogP contribution in [-0.2, 0) is 13.1 Å². The smallest absolute Gasteiger partial charge is 0.341 e. The fourth-order valence-electron chi connectivity index (χ4n) is 2.96. The van der Waals surface area contributed by atoms with Crippen molar-refractivity contribution in [1.29, 1.82) is 0 Å². The van der Waals surface area contributed by atoms with Gasteiger partial charge in [0.25, 0.3) is 5.91 Å². The molecule has 0 bridgehead atoms. The predicted molar refractivity (Wildman–Crippen MR) is 94.0 cm³/mol. The van der Waals surface area contributed by atoms with E-state index in [0.29, 0.717) is 23.3 Å². The number of alkyl halides is 3. The summed E-state index contributed by atoms with van der Waals surface area (Å²) in [6, 6.07) is 2.77. The van der Waals surface area contributed by atoms with Gasteiger partial charge in [-0.15, -0.1) is 0 Å². The lowest BCUT2D eigenvalue weighted by molar-refractivity contribution is -0.149. The minimum Gasteiger partial charge on any atom is -0.341 e. The van der Waals surface area contributed by atoms with E-state index >= 15 is 0 Å². The van der Waals surface area contributed by atoms with Gasteiger partial charge in [0.2, 0.25) is 0 Å². The third-order valence-corrected chi connectivity index (χ3v) is 4.59. The Kier molecular flexibility index (Phi) is 5.64. The van der Waals surface area contributed by atoms with Crippen molar-refractivity contribution in [2.45, 2.75) is 32.2 Å². The average Bonchev–Trinajstić information content (AvgIpc) is 3.09. The molecule has 0 fully saturated rings. The summed E-state index contributed by atoms with van der Waals surface area (Å²) < 4.78 is 77.8. The van der Waals surface area contributed by atoms with Crippen LogP contribution in [0.2, 0.25) is 0 Å². The van der Waals surface area contributed by atoms with E-state index in [4.69, 9.17) is 0 Å². The van der Waals surface area contributed by atoms with E-state index in [-0.39, 0.29) is 24.3 Å². The van der Waals surface area contributed by atoms with Crippen molar-refractivity contribution in [1.82, 2.24) is 10.2 Å². The second-order valence-electron chi connectivity index (χ2n) is 6.72. The molecule has 0 aromatic heterocycles. The van der Waals surface area contributed by atoms with Crippen molar-refractivity contribution in [3.63, 3.8) is 0 Å². The molecule has 5 nitrogen and oxygen atoms in total. The lowest BCUT2D eigenvalue weighted by Crippen LogP contribution is -2.43. The topological polar surface area (TPSA) is 61.4 Å². The number of nitrogens with zero attached hydrogens (tertiary/aromatic N) is 1. The second kappa shape index (κ2) is 7.88. The Morgan fingerprint density at radius 1 is 1.07 bits per heavy atom. The van der Waals surface area contributed by atoms with Gasteiger partial charge in [0.05, 0.1) is 0 Å². The minimum absolute atomic E-state index is 0.0160. The number of hydrogen-bond acceptors (Lipinski definition) is 2. The van der Waals surface area contributed by atoms with Crippen LogP contribution in [0, 0.1) is 17.5 Å². The van der Waals surface area contributed by atoms with Crippen molar-refractivity contribution in [3.8, 4) is 0 Å². The number of benzene rings is 2. The summed E-state index contributed by atoms with van der Waals surface area (Å²) in [4.78, 5) is 25.9. The Bertz CT molecular complexity index is 985. The zero-order valence-corrected chi connectivity index (χ0v) is 15.4. The van der Waals surface area contributed by atoms with E-state index in [9.17, 15) is 35.9 Å². The molecule has 1 aliphatic rings. The number of urea groups is 1. The highest BCUT2D eigenvalue weighted by atomic mass is 19.4. The summed E-state index contributed by atoms with van der Waals surface area (Å²) in [5, 5.41) is 4.09. The molecule has 0 saturated heterocycles. The third-order valence-electron chi connectivity index (χ3n) is 4.59. The van der Waals surface area contributed by atoms with Crippen molar-refractivity contribution >= 4 is 17.6 Å². The Labute approximate surface area is 166 Å². The van der Waals surface area contributed by atoms with Gasteiger partial charge < -0.3 is 15.5 Å². The fourth-order valence-corrected chi connectivity index (χ4v) is 2.96. The molecular formula is C19H15F6N3O2. The van der Waals surface area contributed by atoms with Gasteiger partial charge in [0.1, 0.15) is 6.04 Å². The second-order valence-corrected chi connectivity index (χ2v) is 6.72. The van der Waals surface area contributed by atoms with Crippen LogP contribution in [0.1, 0.15) is 28.4 Å². The molecule has 2 aromatic carbocycles. The molecule has 2 aromatic rings.